The third-order valence-corrected chi connectivity index (χ3v) is 4.17. The van der Waals surface area contributed by atoms with Crippen molar-refractivity contribution in [3.63, 3.8) is 0 Å². The van der Waals surface area contributed by atoms with E-state index in [0.717, 1.165) is 23.1 Å². The lowest BCUT2D eigenvalue weighted by atomic mass is 9.84. The first-order valence-corrected chi connectivity index (χ1v) is 6.76. The van der Waals surface area contributed by atoms with Crippen LogP contribution in [0.25, 0.3) is 0 Å². The minimum absolute atomic E-state index is 0.652. The van der Waals surface area contributed by atoms with Gasteiger partial charge in [-0.2, -0.15) is 0 Å². The van der Waals surface area contributed by atoms with E-state index in [1.807, 2.05) is 12.1 Å². The largest absolute Gasteiger partial charge is 0.495 e. The zero-order valence-electron chi connectivity index (χ0n) is 10.6. The summed E-state index contributed by atoms with van der Waals surface area (Å²) in [5, 5.41) is 14.0. The van der Waals surface area contributed by atoms with Gasteiger partial charge in [-0.1, -0.05) is 0 Å². The molecule has 2 N–H and O–H groups in total. The van der Waals surface area contributed by atoms with Crippen LogP contribution < -0.4 is 14.8 Å². The number of aliphatic hydroxyl groups is 1. The first-order valence-electron chi connectivity index (χ1n) is 5.96. The number of ether oxygens (including phenoxy) is 2. The van der Waals surface area contributed by atoms with Gasteiger partial charge in [0.15, 0.2) is 0 Å². The Morgan fingerprint density at radius 2 is 1.89 bits per heavy atom. The molecule has 100 valence electrons. The van der Waals surface area contributed by atoms with Gasteiger partial charge in [-0.05, 0) is 54.0 Å². The molecule has 0 bridgehead atoms. The summed E-state index contributed by atoms with van der Waals surface area (Å²) in [4.78, 5) is 0. The maximum Gasteiger partial charge on any atom is 0.142 e. The highest BCUT2D eigenvalue weighted by Crippen LogP contribution is 2.44. The molecule has 0 atom stereocenters. The fourth-order valence-electron chi connectivity index (χ4n) is 2.37. The average Bonchev–Trinajstić information content (AvgIpc) is 2.39. The Bertz CT molecular complexity index is 430. The molecule has 1 aromatic carbocycles. The average molecular weight is 316 g/mol. The van der Waals surface area contributed by atoms with Crippen molar-refractivity contribution in [1.82, 2.24) is 5.32 Å². The van der Waals surface area contributed by atoms with Crippen molar-refractivity contribution < 1.29 is 14.6 Å². The monoisotopic (exact) mass is 315 g/mol. The Labute approximate surface area is 115 Å². The van der Waals surface area contributed by atoms with Crippen molar-refractivity contribution in [3.05, 3.63) is 22.2 Å². The Morgan fingerprint density at radius 3 is 2.44 bits per heavy atom. The van der Waals surface area contributed by atoms with E-state index in [-0.39, 0.29) is 0 Å². The summed E-state index contributed by atoms with van der Waals surface area (Å²) in [5.41, 5.74) is -0.00931. The lowest BCUT2D eigenvalue weighted by molar-refractivity contribution is 0.00379. The van der Waals surface area contributed by atoms with E-state index in [9.17, 15) is 5.11 Å². The molecular weight excluding hydrogens is 298 g/mol. The zero-order valence-corrected chi connectivity index (χ0v) is 12.2. The standard InChI is InChI=1S/C13H18BrNO3/c1-17-10-4-3-9(12(18-2)11(10)14)13(16)5-7-15-8-6-13/h3-4,15-16H,5-8H2,1-2H3. The van der Waals surface area contributed by atoms with Crippen LogP contribution in [0.2, 0.25) is 0 Å². The quantitative estimate of drug-likeness (QED) is 0.896. The minimum Gasteiger partial charge on any atom is -0.495 e. The number of benzene rings is 1. The highest BCUT2D eigenvalue weighted by molar-refractivity contribution is 9.10. The van der Waals surface area contributed by atoms with Gasteiger partial charge in [0.05, 0.1) is 19.8 Å². The van der Waals surface area contributed by atoms with E-state index in [4.69, 9.17) is 9.47 Å². The summed E-state index contributed by atoms with van der Waals surface area (Å²) in [5.74, 6) is 1.35. The highest BCUT2D eigenvalue weighted by Gasteiger charge is 2.35. The number of halogens is 1. The van der Waals surface area contributed by atoms with Crippen molar-refractivity contribution in [3.8, 4) is 11.5 Å². The Kier molecular flexibility index (Phi) is 4.14. The van der Waals surface area contributed by atoms with Gasteiger partial charge >= 0.3 is 0 Å². The van der Waals surface area contributed by atoms with Crippen molar-refractivity contribution in [2.45, 2.75) is 18.4 Å². The second kappa shape index (κ2) is 5.47. The van der Waals surface area contributed by atoms with Crippen LogP contribution in [0.4, 0.5) is 0 Å². The zero-order chi connectivity index (χ0) is 13.2. The van der Waals surface area contributed by atoms with Crippen LogP contribution in [0.1, 0.15) is 18.4 Å². The smallest absolute Gasteiger partial charge is 0.142 e. The summed E-state index contributed by atoms with van der Waals surface area (Å²) in [6.45, 7) is 1.62. The summed E-state index contributed by atoms with van der Waals surface area (Å²) >= 11 is 3.47. The van der Waals surface area contributed by atoms with Crippen LogP contribution in [0, 0.1) is 0 Å². The molecule has 4 nitrogen and oxygen atoms in total. The second-order valence-electron chi connectivity index (χ2n) is 4.44. The molecule has 0 amide bonds. The predicted octanol–water partition coefficient (Wildman–Crippen LogP) is 2.04. The first-order chi connectivity index (χ1) is 8.62. The molecule has 0 saturated carbocycles. The van der Waals surface area contributed by atoms with Gasteiger partial charge in [-0.25, -0.2) is 0 Å². The van der Waals surface area contributed by atoms with Crippen molar-refractivity contribution in [2.24, 2.45) is 0 Å². The van der Waals surface area contributed by atoms with Crippen LogP contribution in [0.15, 0.2) is 16.6 Å². The molecule has 1 saturated heterocycles. The Balaban J connectivity index is 2.46. The molecular formula is C13H18BrNO3. The van der Waals surface area contributed by atoms with E-state index in [2.05, 4.69) is 21.2 Å². The van der Waals surface area contributed by atoms with E-state index in [1.54, 1.807) is 14.2 Å². The number of hydrogen-bond acceptors (Lipinski definition) is 4. The van der Waals surface area contributed by atoms with Gasteiger partial charge < -0.3 is 19.9 Å². The Morgan fingerprint density at radius 1 is 1.22 bits per heavy atom. The van der Waals surface area contributed by atoms with Crippen LogP contribution in [-0.4, -0.2) is 32.4 Å². The van der Waals surface area contributed by atoms with Gasteiger partial charge in [-0.15, -0.1) is 0 Å². The molecule has 0 aromatic heterocycles. The maximum atomic E-state index is 10.8. The minimum atomic E-state index is -0.828. The van der Waals surface area contributed by atoms with Gasteiger partial charge in [0, 0.05) is 5.56 Å². The predicted molar refractivity (Wildman–Crippen MR) is 73.2 cm³/mol. The SMILES string of the molecule is COc1ccc(C2(O)CCNCC2)c(OC)c1Br. The van der Waals surface area contributed by atoms with Gasteiger partial charge in [-0.3, -0.25) is 0 Å². The summed E-state index contributed by atoms with van der Waals surface area (Å²) in [6.07, 6.45) is 1.37. The lowest BCUT2D eigenvalue weighted by Gasteiger charge is -2.34. The molecule has 1 aliphatic rings. The number of piperidine rings is 1. The molecule has 0 aliphatic carbocycles. The highest BCUT2D eigenvalue weighted by atomic mass is 79.9. The molecule has 1 aliphatic heterocycles. The lowest BCUT2D eigenvalue weighted by Crippen LogP contribution is -2.39. The summed E-state index contributed by atoms with van der Waals surface area (Å²) in [6, 6.07) is 3.73. The van der Waals surface area contributed by atoms with Gasteiger partial charge in [0.25, 0.3) is 0 Å². The van der Waals surface area contributed by atoms with Gasteiger partial charge in [0.1, 0.15) is 16.0 Å². The molecule has 18 heavy (non-hydrogen) atoms. The van der Waals surface area contributed by atoms with Crippen LogP contribution in [-0.2, 0) is 5.60 Å². The van der Waals surface area contributed by atoms with Crippen LogP contribution in [0.3, 0.4) is 0 Å². The molecule has 2 rings (SSSR count). The van der Waals surface area contributed by atoms with E-state index < -0.39 is 5.60 Å². The molecule has 1 heterocycles. The molecule has 0 spiro atoms. The number of rotatable bonds is 3. The second-order valence-corrected chi connectivity index (χ2v) is 5.24. The summed E-state index contributed by atoms with van der Waals surface area (Å²) < 4.78 is 11.4. The normalized spacial score (nSPS) is 18.4. The maximum absolute atomic E-state index is 10.8. The van der Waals surface area contributed by atoms with Crippen molar-refractivity contribution >= 4 is 15.9 Å². The molecule has 1 aromatic rings. The van der Waals surface area contributed by atoms with Crippen LogP contribution in [0.5, 0.6) is 11.5 Å². The van der Waals surface area contributed by atoms with E-state index in [1.165, 1.54) is 0 Å². The Hall–Kier alpha value is -0.780. The molecule has 0 unspecified atom stereocenters. The third kappa shape index (κ3) is 2.35. The van der Waals surface area contributed by atoms with Crippen molar-refractivity contribution in [2.75, 3.05) is 27.3 Å². The topological polar surface area (TPSA) is 50.7 Å². The third-order valence-electron chi connectivity index (χ3n) is 3.42. The number of nitrogens with one attached hydrogen (secondary N) is 1. The number of methoxy groups -OCH3 is 2. The van der Waals surface area contributed by atoms with E-state index in [0.29, 0.717) is 24.3 Å². The first kappa shape index (κ1) is 13.6. The van der Waals surface area contributed by atoms with Crippen molar-refractivity contribution in [1.29, 1.82) is 0 Å². The molecule has 0 radical (unpaired) electrons. The molecule has 5 heteroatoms. The molecule has 1 fully saturated rings. The fraction of sp³-hybridized carbons (Fsp3) is 0.538. The number of hydrogen-bond donors (Lipinski definition) is 2. The fourth-order valence-corrected chi connectivity index (χ4v) is 3.04. The van der Waals surface area contributed by atoms with Crippen LogP contribution >= 0.6 is 15.9 Å². The summed E-state index contributed by atoms with van der Waals surface area (Å²) in [7, 11) is 3.21. The van der Waals surface area contributed by atoms with E-state index >= 15 is 0 Å². The van der Waals surface area contributed by atoms with Gasteiger partial charge in [0.2, 0.25) is 0 Å².